The van der Waals surface area contributed by atoms with Gasteiger partial charge >= 0.3 is 0 Å². The number of nitrogens with one attached hydrogen (secondary N) is 1. The van der Waals surface area contributed by atoms with E-state index < -0.39 is 0 Å². The minimum atomic E-state index is 0.666. The van der Waals surface area contributed by atoms with Crippen molar-refractivity contribution in [2.24, 2.45) is 0 Å². The van der Waals surface area contributed by atoms with Gasteiger partial charge in [0, 0.05) is 24.8 Å². The number of aryl methyl sites for hydroxylation is 1. The Morgan fingerprint density at radius 2 is 2.28 bits per heavy atom. The van der Waals surface area contributed by atoms with Gasteiger partial charge < -0.3 is 5.32 Å². The molecule has 0 aliphatic carbocycles. The van der Waals surface area contributed by atoms with Crippen LogP contribution in [0.5, 0.6) is 0 Å². The van der Waals surface area contributed by atoms with Gasteiger partial charge in [-0.25, -0.2) is 0 Å². The molecule has 1 aromatic heterocycles. The molecule has 0 bridgehead atoms. The molecule has 0 radical (unpaired) electrons. The van der Waals surface area contributed by atoms with Crippen LogP contribution in [0.2, 0.25) is 0 Å². The van der Waals surface area contributed by atoms with Gasteiger partial charge in [-0.15, -0.1) is 0 Å². The number of likely N-dealkylation sites (N-methyl/N-ethyl adjacent to an activating group) is 1. The third kappa shape index (κ3) is 3.79. The molecular formula is C15H25N3. The molecule has 1 aliphatic rings. The van der Waals surface area contributed by atoms with Crippen LogP contribution in [-0.2, 0) is 6.54 Å². The third-order valence-electron chi connectivity index (χ3n) is 3.75. The first-order chi connectivity index (χ1) is 8.79. The second-order valence-corrected chi connectivity index (χ2v) is 5.19. The number of rotatable bonds is 4. The maximum absolute atomic E-state index is 4.62. The maximum atomic E-state index is 4.62. The molecule has 3 nitrogen and oxygen atoms in total. The van der Waals surface area contributed by atoms with Crippen LogP contribution in [0.15, 0.2) is 18.2 Å². The molecule has 1 N–H and O–H groups in total. The topological polar surface area (TPSA) is 28.2 Å². The summed E-state index contributed by atoms with van der Waals surface area (Å²) < 4.78 is 0. The van der Waals surface area contributed by atoms with Gasteiger partial charge in [0.25, 0.3) is 0 Å². The number of nitrogens with zero attached hydrogens (tertiary/aromatic N) is 2. The Hall–Kier alpha value is -0.930. The van der Waals surface area contributed by atoms with Crippen molar-refractivity contribution in [2.45, 2.75) is 45.7 Å². The van der Waals surface area contributed by atoms with E-state index in [1.807, 2.05) is 0 Å². The van der Waals surface area contributed by atoms with Crippen molar-refractivity contribution in [2.75, 3.05) is 19.6 Å². The molecule has 0 spiro atoms. The van der Waals surface area contributed by atoms with Crippen LogP contribution >= 0.6 is 0 Å². The first-order valence-corrected chi connectivity index (χ1v) is 7.17. The zero-order valence-corrected chi connectivity index (χ0v) is 11.7. The van der Waals surface area contributed by atoms with E-state index >= 15 is 0 Å². The molecule has 2 heterocycles. The molecule has 1 saturated heterocycles. The lowest BCUT2D eigenvalue weighted by atomic mass is 10.1. The maximum Gasteiger partial charge on any atom is 0.0547 e. The minimum Gasteiger partial charge on any atom is -0.315 e. The molecule has 1 unspecified atom stereocenters. The molecule has 1 aromatic rings. The van der Waals surface area contributed by atoms with E-state index in [9.17, 15) is 0 Å². The average molecular weight is 247 g/mol. The SMILES string of the molecule is CCN(Cc1cccc(C)n1)C1CCCCNC1. The summed E-state index contributed by atoms with van der Waals surface area (Å²) in [6, 6.07) is 6.98. The van der Waals surface area contributed by atoms with Crippen LogP contribution in [-0.4, -0.2) is 35.6 Å². The molecule has 100 valence electrons. The number of aromatic nitrogens is 1. The highest BCUT2D eigenvalue weighted by Crippen LogP contribution is 2.14. The van der Waals surface area contributed by atoms with Crippen LogP contribution in [0.25, 0.3) is 0 Å². The smallest absolute Gasteiger partial charge is 0.0547 e. The second kappa shape index (κ2) is 6.86. The highest BCUT2D eigenvalue weighted by atomic mass is 15.2. The van der Waals surface area contributed by atoms with E-state index in [1.54, 1.807) is 0 Å². The molecule has 1 aliphatic heterocycles. The molecule has 1 fully saturated rings. The summed E-state index contributed by atoms with van der Waals surface area (Å²) in [7, 11) is 0. The van der Waals surface area contributed by atoms with E-state index in [4.69, 9.17) is 0 Å². The van der Waals surface area contributed by atoms with Crippen molar-refractivity contribution in [1.82, 2.24) is 15.2 Å². The molecule has 18 heavy (non-hydrogen) atoms. The predicted octanol–water partition coefficient (Wildman–Crippen LogP) is 2.35. The second-order valence-electron chi connectivity index (χ2n) is 5.19. The fourth-order valence-corrected chi connectivity index (χ4v) is 2.71. The zero-order chi connectivity index (χ0) is 12.8. The fourth-order valence-electron chi connectivity index (χ4n) is 2.71. The van der Waals surface area contributed by atoms with Crippen molar-refractivity contribution in [3.8, 4) is 0 Å². The standard InChI is InChI=1S/C15H25N3/c1-3-18(15-9-4-5-10-16-11-15)12-14-8-6-7-13(2)17-14/h6-8,15-16H,3-5,9-12H2,1-2H3. The molecule has 0 aromatic carbocycles. The molecule has 0 saturated carbocycles. The van der Waals surface area contributed by atoms with E-state index in [2.05, 4.69) is 47.2 Å². The van der Waals surface area contributed by atoms with Gasteiger partial charge in [-0.1, -0.05) is 19.4 Å². The molecule has 3 heteroatoms. The van der Waals surface area contributed by atoms with Gasteiger partial charge in [-0.05, 0) is 45.0 Å². The zero-order valence-electron chi connectivity index (χ0n) is 11.7. The first kappa shape index (κ1) is 13.5. The fraction of sp³-hybridized carbons (Fsp3) is 0.667. The van der Waals surface area contributed by atoms with Gasteiger partial charge in [0.05, 0.1) is 5.69 Å². The third-order valence-corrected chi connectivity index (χ3v) is 3.75. The summed E-state index contributed by atoms with van der Waals surface area (Å²) in [6.07, 6.45) is 3.97. The number of hydrogen-bond acceptors (Lipinski definition) is 3. The lowest BCUT2D eigenvalue weighted by Crippen LogP contribution is -2.40. The lowest BCUT2D eigenvalue weighted by Gasteiger charge is -2.29. The van der Waals surface area contributed by atoms with Crippen LogP contribution in [0.4, 0.5) is 0 Å². The van der Waals surface area contributed by atoms with Gasteiger partial charge in [0.2, 0.25) is 0 Å². The van der Waals surface area contributed by atoms with Crippen molar-refractivity contribution < 1.29 is 0 Å². The van der Waals surface area contributed by atoms with E-state index in [0.29, 0.717) is 6.04 Å². The molecule has 0 amide bonds. The lowest BCUT2D eigenvalue weighted by molar-refractivity contribution is 0.186. The Morgan fingerprint density at radius 1 is 1.39 bits per heavy atom. The Kier molecular flexibility index (Phi) is 5.14. The Labute approximate surface area is 111 Å². The summed E-state index contributed by atoms with van der Waals surface area (Å²) in [5.74, 6) is 0. The van der Waals surface area contributed by atoms with Gasteiger partial charge in [0.15, 0.2) is 0 Å². The minimum absolute atomic E-state index is 0.666. The Morgan fingerprint density at radius 3 is 3.06 bits per heavy atom. The van der Waals surface area contributed by atoms with Crippen LogP contribution < -0.4 is 5.32 Å². The highest BCUT2D eigenvalue weighted by molar-refractivity contribution is 5.10. The molecule has 1 atom stereocenters. The first-order valence-electron chi connectivity index (χ1n) is 7.17. The summed E-state index contributed by atoms with van der Waals surface area (Å²) >= 11 is 0. The molecular weight excluding hydrogens is 222 g/mol. The number of pyridine rings is 1. The molecule has 2 rings (SSSR count). The van der Waals surface area contributed by atoms with Crippen molar-refractivity contribution in [3.05, 3.63) is 29.6 Å². The van der Waals surface area contributed by atoms with E-state index in [1.165, 1.54) is 31.5 Å². The summed E-state index contributed by atoms with van der Waals surface area (Å²) in [6.45, 7) is 8.69. The van der Waals surface area contributed by atoms with Crippen molar-refractivity contribution >= 4 is 0 Å². The van der Waals surface area contributed by atoms with E-state index in [-0.39, 0.29) is 0 Å². The number of hydrogen-bond donors (Lipinski definition) is 1. The van der Waals surface area contributed by atoms with Crippen molar-refractivity contribution in [3.63, 3.8) is 0 Å². The van der Waals surface area contributed by atoms with Gasteiger partial charge in [-0.3, -0.25) is 9.88 Å². The average Bonchev–Trinajstić information content (AvgIpc) is 2.65. The normalized spacial score (nSPS) is 20.9. The summed E-state index contributed by atoms with van der Waals surface area (Å²) in [5.41, 5.74) is 2.31. The monoisotopic (exact) mass is 247 g/mol. The van der Waals surface area contributed by atoms with Gasteiger partial charge in [-0.2, -0.15) is 0 Å². The Bertz CT molecular complexity index is 357. The van der Waals surface area contributed by atoms with Gasteiger partial charge in [0.1, 0.15) is 0 Å². The quantitative estimate of drug-likeness (QED) is 0.885. The van der Waals surface area contributed by atoms with Crippen LogP contribution in [0.1, 0.15) is 37.6 Å². The van der Waals surface area contributed by atoms with E-state index in [0.717, 1.165) is 25.3 Å². The van der Waals surface area contributed by atoms with Crippen LogP contribution in [0, 0.1) is 6.92 Å². The Balaban J connectivity index is 1.99. The largest absolute Gasteiger partial charge is 0.315 e. The van der Waals surface area contributed by atoms with Crippen molar-refractivity contribution in [1.29, 1.82) is 0 Å². The van der Waals surface area contributed by atoms with Crippen LogP contribution in [0.3, 0.4) is 0 Å². The summed E-state index contributed by atoms with van der Waals surface area (Å²) in [5, 5.41) is 3.55. The predicted molar refractivity (Wildman–Crippen MR) is 75.6 cm³/mol. The highest BCUT2D eigenvalue weighted by Gasteiger charge is 2.19. The summed E-state index contributed by atoms with van der Waals surface area (Å²) in [4.78, 5) is 7.17.